The fourth-order valence-electron chi connectivity index (χ4n) is 1.98. The third kappa shape index (κ3) is 3.63. The van der Waals surface area contributed by atoms with Crippen molar-refractivity contribution in [1.82, 2.24) is 5.32 Å². The quantitative estimate of drug-likeness (QED) is 0.701. The van der Waals surface area contributed by atoms with Gasteiger partial charge in [0.25, 0.3) is 5.91 Å². The monoisotopic (exact) mass is 303 g/mol. The van der Waals surface area contributed by atoms with Crippen LogP contribution in [0.15, 0.2) is 42.5 Å². The Balaban J connectivity index is 2.05. The molecule has 0 saturated carbocycles. The summed E-state index contributed by atoms with van der Waals surface area (Å²) >= 11 is 0. The molecule has 1 amide bonds. The number of methoxy groups -OCH3 is 1. The molecule has 0 aromatic heterocycles. The first kappa shape index (κ1) is 16.0. The van der Waals surface area contributed by atoms with Crippen LogP contribution in [0.3, 0.4) is 0 Å². The summed E-state index contributed by atoms with van der Waals surface area (Å²) in [6.45, 7) is 0.223. The van der Waals surface area contributed by atoms with Crippen molar-refractivity contribution in [2.75, 3.05) is 7.11 Å². The van der Waals surface area contributed by atoms with E-state index in [2.05, 4.69) is 5.32 Å². The summed E-state index contributed by atoms with van der Waals surface area (Å²) < 4.78 is 18.4. The lowest BCUT2D eigenvalue weighted by atomic mass is 9.80. The molecule has 0 spiro atoms. The van der Waals surface area contributed by atoms with Crippen LogP contribution in [-0.2, 0) is 6.54 Å². The summed E-state index contributed by atoms with van der Waals surface area (Å²) in [6, 6.07) is 10.6. The lowest BCUT2D eigenvalue weighted by Gasteiger charge is -2.10. The molecular weight excluding hydrogens is 288 g/mol. The van der Waals surface area contributed by atoms with E-state index in [1.807, 2.05) is 0 Å². The molecule has 114 valence electrons. The molecule has 2 aromatic rings. The number of rotatable bonds is 5. The van der Waals surface area contributed by atoms with E-state index >= 15 is 0 Å². The van der Waals surface area contributed by atoms with Crippen LogP contribution in [0.25, 0.3) is 0 Å². The van der Waals surface area contributed by atoms with Gasteiger partial charge in [0.15, 0.2) is 11.6 Å². The highest BCUT2D eigenvalue weighted by molar-refractivity contribution is 6.58. The average Bonchev–Trinajstić information content (AvgIpc) is 2.52. The molecule has 7 heteroatoms. The van der Waals surface area contributed by atoms with Gasteiger partial charge in [-0.3, -0.25) is 4.79 Å². The van der Waals surface area contributed by atoms with Gasteiger partial charge in [-0.2, -0.15) is 0 Å². The van der Waals surface area contributed by atoms with E-state index in [1.165, 1.54) is 25.3 Å². The number of carbonyl (C=O) groups excluding carboxylic acids is 1. The van der Waals surface area contributed by atoms with Crippen LogP contribution in [-0.4, -0.2) is 30.2 Å². The lowest BCUT2D eigenvalue weighted by molar-refractivity contribution is 0.0947. The number of hydrogen-bond donors (Lipinski definition) is 3. The van der Waals surface area contributed by atoms with Crippen molar-refractivity contribution in [2.24, 2.45) is 0 Å². The number of nitrogens with one attached hydrogen (secondary N) is 1. The summed E-state index contributed by atoms with van der Waals surface area (Å²) in [5.74, 6) is -1.15. The number of para-hydroxylation sites is 1. The van der Waals surface area contributed by atoms with Gasteiger partial charge in [0.05, 0.1) is 12.7 Å². The molecule has 0 radical (unpaired) electrons. The summed E-state index contributed by atoms with van der Waals surface area (Å²) in [6.07, 6.45) is 0. The first-order valence-electron chi connectivity index (χ1n) is 6.58. The molecule has 0 aliphatic heterocycles. The number of carbonyl (C=O) groups is 1. The summed E-state index contributed by atoms with van der Waals surface area (Å²) in [4.78, 5) is 12.1. The predicted molar refractivity (Wildman–Crippen MR) is 80.4 cm³/mol. The Kier molecular flexibility index (Phi) is 5.14. The Morgan fingerprint density at radius 3 is 2.50 bits per heavy atom. The van der Waals surface area contributed by atoms with E-state index < -0.39 is 18.8 Å². The second-order valence-corrected chi connectivity index (χ2v) is 4.62. The maximum atomic E-state index is 13.5. The number of hydrogen-bond acceptors (Lipinski definition) is 4. The molecule has 0 unspecified atom stereocenters. The van der Waals surface area contributed by atoms with Crippen molar-refractivity contribution in [1.29, 1.82) is 0 Å². The van der Waals surface area contributed by atoms with E-state index in [1.54, 1.807) is 24.3 Å². The molecule has 0 fully saturated rings. The third-order valence-electron chi connectivity index (χ3n) is 3.15. The number of ether oxygens (including phenoxy) is 1. The molecular formula is C15H15BFNO4. The topological polar surface area (TPSA) is 78.8 Å². The maximum absolute atomic E-state index is 13.5. The highest BCUT2D eigenvalue weighted by Gasteiger charge is 2.15. The largest absolute Gasteiger partial charge is 0.493 e. The van der Waals surface area contributed by atoms with Crippen molar-refractivity contribution in [3.63, 3.8) is 0 Å². The van der Waals surface area contributed by atoms with Crippen LogP contribution < -0.4 is 15.5 Å². The molecule has 0 aliphatic carbocycles. The van der Waals surface area contributed by atoms with Gasteiger partial charge in [0.2, 0.25) is 0 Å². The van der Waals surface area contributed by atoms with Crippen molar-refractivity contribution < 1.29 is 24.0 Å². The molecule has 0 bridgehead atoms. The minimum absolute atomic E-state index is 0.0984. The third-order valence-corrected chi connectivity index (χ3v) is 3.15. The molecule has 2 rings (SSSR count). The van der Waals surface area contributed by atoms with Crippen LogP contribution in [0.5, 0.6) is 5.75 Å². The second kappa shape index (κ2) is 7.06. The molecule has 0 atom stereocenters. The molecule has 5 nitrogen and oxygen atoms in total. The Morgan fingerprint density at radius 1 is 1.23 bits per heavy atom. The second-order valence-electron chi connectivity index (χ2n) is 4.62. The average molecular weight is 303 g/mol. The Bertz CT molecular complexity index is 661. The van der Waals surface area contributed by atoms with Gasteiger partial charge >= 0.3 is 7.12 Å². The Hall–Kier alpha value is -2.38. The zero-order chi connectivity index (χ0) is 16.1. The lowest BCUT2D eigenvalue weighted by Crippen LogP contribution is -2.30. The predicted octanol–water partition coefficient (Wildman–Crippen LogP) is 0.444. The van der Waals surface area contributed by atoms with Crippen LogP contribution >= 0.6 is 0 Å². The van der Waals surface area contributed by atoms with Crippen LogP contribution in [0.4, 0.5) is 4.39 Å². The molecule has 3 N–H and O–H groups in total. The Labute approximate surface area is 127 Å². The fraction of sp³-hybridized carbons (Fsp3) is 0.133. The SMILES string of the molecule is COc1c(F)cccc1C(=O)NCc1ccc(B(O)O)cc1. The first-order valence-corrected chi connectivity index (χ1v) is 6.58. The smallest absolute Gasteiger partial charge is 0.488 e. The first-order chi connectivity index (χ1) is 10.5. The minimum Gasteiger partial charge on any atom is -0.493 e. The van der Waals surface area contributed by atoms with Gasteiger partial charge in [-0.05, 0) is 23.2 Å². The van der Waals surface area contributed by atoms with Gasteiger partial charge in [-0.1, -0.05) is 30.3 Å². The van der Waals surface area contributed by atoms with E-state index in [0.29, 0.717) is 5.46 Å². The van der Waals surface area contributed by atoms with Gasteiger partial charge in [0, 0.05) is 6.54 Å². The summed E-state index contributed by atoms with van der Waals surface area (Å²) in [5.41, 5.74) is 1.25. The molecule has 2 aromatic carbocycles. The van der Waals surface area contributed by atoms with Gasteiger partial charge in [0.1, 0.15) is 0 Å². The van der Waals surface area contributed by atoms with Crippen molar-refractivity contribution in [2.45, 2.75) is 6.54 Å². The van der Waals surface area contributed by atoms with Crippen molar-refractivity contribution in [3.8, 4) is 5.75 Å². The number of halogens is 1. The van der Waals surface area contributed by atoms with Crippen molar-refractivity contribution in [3.05, 3.63) is 59.4 Å². The molecule has 22 heavy (non-hydrogen) atoms. The van der Waals surface area contributed by atoms with Gasteiger partial charge in [-0.25, -0.2) is 4.39 Å². The maximum Gasteiger partial charge on any atom is 0.488 e. The molecule has 0 heterocycles. The number of amides is 1. The van der Waals surface area contributed by atoms with Crippen LogP contribution in [0.1, 0.15) is 15.9 Å². The van der Waals surface area contributed by atoms with E-state index in [4.69, 9.17) is 14.8 Å². The van der Waals surface area contributed by atoms with E-state index in [9.17, 15) is 9.18 Å². The fourth-order valence-corrected chi connectivity index (χ4v) is 1.98. The van der Waals surface area contributed by atoms with Crippen molar-refractivity contribution >= 4 is 18.5 Å². The summed E-state index contributed by atoms with van der Waals surface area (Å²) in [5, 5.41) is 20.7. The van der Waals surface area contributed by atoms with Gasteiger partial charge in [-0.15, -0.1) is 0 Å². The molecule has 0 saturated heterocycles. The van der Waals surface area contributed by atoms with Gasteiger partial charge < -0.3 is 20.1 Å². The highest BCUT2D eigenvalue weighted by atomic mass is 19.1. The van der Waals surface area contributed by atoms with E-state index in [-0.39, 0.29) is 17.9 Å². The number of benzene rings is 2. The zero-order valence-electron chi connectivity index (χ0n) is 11.9. The standard InChI is InChI=1S/C15H15BFNO4/c1-22-14-12(3-2-4-13(14)17)15(19)18-9-10-5-7-11(8-6-10)16(20)21/h2-8,20-21H,9H2,1H3,(H,18,19). The van der Waals surface area contributed by atoms with Crippen LogP contribution in [0.2, 0.25) is 0 Å². The normalized spacial score (nSPS) is 10.2. The Morgan fingerprint density at radius 2 is 1.91 bits per heavy atom. The minimum atomic E-state index is -1.53. The summed E-state index contributed by atoms with van der Waals surface area (Å²) in [7, 11) is -0.228. The van der Waals surface area contributed by atoms with E-state index in [0.717, 1.165) is 5.56 Å². The molecule has 0 aliphatic rings. The highest BCUT2D eigenvalue weighted by Crippen LogP contribution is 2.21. The zero-order valence-corrected chi connectivity index (χ0v) is 11.9. The van der Waals surface area contributed by atoms with Crippen LogP contribution in [0, 0.1) is 5.82 Å².